The fraction of sp³-hybridized carbons (Fsp3) is 0.300. The largest absolute Gasteiger partial charge is 0.438 e. The first-order chi connectivity index (χ1) is 7.94. The number of nitrogens with zero attached hydrogens (tertiary/aromatic N) is 1. The van der Waals surface area contributed by atoms with Crippen LogP contribution in [0.1, 0.15) is 5.89 Å². The molecule has 1 aromatic carbocycles. The first-order valence-corrected chi connectivity index (χ1v) is 4.73. The highest BCUT2D eigenvalue weighted by Gasteiger charge is 2.27. The SMILES string of the molecule is Nc1ccc2oc(COCC(F)(F)F)nc2c1. The summed E-state index contributed by atoms with van der Waals surface area (Å²) in [4.78, 5) is 3.95. The zero-order chi connectivity index (χ0) is 12.5. The van der Waals surface area contributed by atoms with Gasteiger partial charge in [-0.1, -0.05) is 0 Å². The van der Waals surface area contributed by atoms with Crippen LogP contribution in [0.3, 0.4) is 0 Å². The molecule has 0 bridgehead atoms. The third kappa shape index (κ3) is 3.10. The summed E-state index contributed by atoms with van der Waals surface area (Å²) >= 11 is 0. The normalized spacial score (nSPS) is 12.2. The summed E-state index contributed by atoms with van der Waals surface area (Å²) < 4.78 is 45.1. The Hall–Kier alpha value is -1.76. The maximum absolute atomic E-state index is 11.8. The molecule has 2 rings (SSSR count). The minimum Gasteiger partial charge on any atom is -0.438 e. The number of rotatable bonds is 3. The highest BCUT2D eigenvalue weighted by molar-refractivity contribution is 5.76. The second-order valence-corrected chi connectivity index (χ2v) is 3.44. The molecule has 1 heterocycles. The first-order valence-electron chi connectivity index (χ1n) is 4.73. The van der Waals surface area contributed by atoms with Crippen molar-refractivity contribution < 1.29 is 22.3 Å². The van der Waals surface area contributed by atoms with E-state index in [1.165, 1.54) is 0 Å². The molecule has 0 atom stereocenters. The lowest BCUT2D eigenvalue weighted by Gasteiger charge is -2.04. The number of fused-ring (bicyclic) bond motifs is 1. The predicted molar refractivity (Wildman–Crippen MR) is 54.1 cm³/mol. The number of oxazole rings is 1. The van der Waals surface area contributed by atoms with Gasteiger partial charge in [-0.15, -0.1) is 0 Å². The number of ether oxygens (including phenoxy) is 1. The van der Waals surface area contributed by atoms with Crippen molar-refractivity contribution in [2.24, 2.45) is 0 Å². The van der Waals surface area contributed by atoms with Gasteiger partial charge in [0, 0.05) is 5.69 Å². The smallest absolute Gasteiger partial charge is 0.411 e. The molecule has 0 radical (unpaired) electrons. The molecule has 0 spiro atoms. The molecule has 0 aliphatic rings. The molecular weight excluding hydrogens is 237 g/mol. The van der Waals surface area contributed by atoms with Crippen LogP contribution in [-0.2, 0) is 11.3 Å². The quantitative estimate of drug-likeness (QED) is 0.845. The summed E-state index contributed by atoms with van der Waals surface area (Å²) in [6.45, 7) is -1.65. The maximum atomic E-state index is 11.8. The summed E-state index contributed by atoms with van der Waals surface area (Å²) in [5, 5.41) is 0. The molecule has 4 nitrogen and oxygen atoms in total. The Morgan fingerprint density at radius 2 is 2.12 bits per heavy atom. The molecule has 92 valence electrons. The van der Waals surface area contributed by atoms with Crippen LogP contribution in [0.4, 0.5) is 18.9 Å². The van der Waals surface area contributed by atoms with Gasteiger partial charge in [0.25, 0.3) is 0 Å². The molecule has 0 amide bonds. The second kappa shape index (κ2) is 4.25. The van der Waals surface area contributed by atoms with E-state index in [2.05, 4.69) is 9.72 Å². The van der Waals surface area contributed by atoms with E-state index in [4.69, 9.17) is 10.2 Å². The lowest BCUT2D eigenvalue weighted by molar-refractivity contribution is -0.177. The van der Waals surface area contributed by atoms with E-state index in [9.17, 15) is 13.2 Å². The lowest BCUT2D eigenvalue weighted by Crippen LogP contribution is -2.16. The maximum Gasteiger partial charge on any atom is 0.411 e. The van der Waals surface area contributed by atoms with Crippen LogP contribution in [0.15, 0.2) is 22.6 Å². The summed E-state index contributed by atoms with van der Waals surface area (Å²) in [6.07, 6.45) is -4.35. The van der Waals surface area contributed by atoms with Gasteiger partial charge >= 0.3 is 6.18 Å². The fourth-order valence-electron chi connectivity index (χ4n) is 1.31. The van der Waals surface area contributed by atoms with Gasteiger partial charge in [-0.3, -0.25) is 0 Å². The zero-order valence-electron chi connectivity index (χ0n) is 8.62. The summed E-state index contributed by atoms with van der Waals surface area (Å²) in [5.74, 6) is 0.0925. The Morgan fingerprint density at radius 3 is 2.82 bits per heavy atom. The summed E-state index contributed by atoms with van der Waals surface area (Å²) in [6, 6.07) is 4.80. The van der Waals surface area contributed by atoms with Crippen LogP contribution in [-0.4, -0.2) is 17.8 Å². The molecule has 0 fully saturated rings. The molecule has 17 heavy (non-hydrogen) atoms. The Morgan fingerprint density at radius 1 is 1.35 bits per heavy atom. The van der Waals surface area contributed by atoms with Gasteiger partial charge in [-0.25, -0.2) is 4.98 Å². The summed E-state index contributed by atoms with van der Waals surface area (Å²) in [5.41, 5.74) is 7.00. The number of hydrogen-bond donors (Lipinski definition) is 1. The van der Waals surface area contributed by atoms with Crippen molar-refractivity contribution in [1.82, 2.24) is 4.98 Å². The third-order valence-corrected chi connectivity index (χ3v) is 1.95. The highest BCUT2D eigenvalue weighted by atomic mass is 19.4. The fourth-order valence-corrected chi connectivity index (χ4v) is 1.31. The van der Waals surface area contributed by atoms with Crippen LogP contribution in [0.5, 0.6) is 0 Å². The van der Waals surface area contributed by atoms with Crippen LogP contribution in [0, 0.1) is 0 Å². The van der Waals surface area contributed by atoms with E-state index in [0.717, 1.165) is 0 Å². The van der Waals surface area contributed by atoms with Crippen molar-refractivity contribution >= 4 is 16.8 Å². The van der Waals surface area contributed by atoms with E-state index >= 15 is 0 Å². The second-order valence-electron chi connectivity index (χ2n) is 3.44. The van der Waals surface area contributed by atoms with Gasteiger partial charge < -0.3 is 14.9 Å². The molecular formula is C10H9F3N2O2. The van der Waals surface area contributed by atoms with Crippen molar-refractivity contribution in [1.29, 1.82) is 0 Å². The Balaban J connectivity index is 2.05. The zero-order valence-corrected chi connectivity index (χ0v) is 8.62. The molecule has 7 heteroatoms. The minimum absolute atomic E-state index is 0.0925. The van der Waals surface area contributed by atoms with E-state index in [1.54, 1.807) is 18.2 Å². The van der Waals surface area contributed by atoms with Crippen molar-refractivity contribution in [2.45, 2.75) is 12.8 Å². The third-order valence-electron chi connectivity index (χ3n) is 1.95. The molecule has 0 aliphatic heterocycles. The Kier molecular flexibility index (Phi) is 2.93. The monoisotopic (exact) mass is 246 g/mol. The van der Waals surface area contributed by atoms with Gasteiger partial charge in [0.15, 0.2) is 5.58 Å². The number of nitrogens with two attached hydrogens (primary N) is 1. The number of halogens is 3. The average molecular weight is 246 g/mol. The van der Waals surface area contributed by atoms with Crippen molar-refractivity contribution in [3.05, 3.63) is 24.1 Å². The van der Waals surface area contributed by atoms with Gasteiger partial charge in [0.05, 0.1) is 0 Å². The number of anilines is 1. The van der Waals surface area contributed by atoms with Crippen molar-refractivity contribution in [3.8, 4) is 0 Å². The van der Waals surface area contributed by atoms with Crippen LogP contribution in [0.25, 0.3) is 11.1 Å². The number of benzene rings is 1. The Bertz CT molecular complexity index is 522. The number of alkyl halides is 3. The highest BCUT2D eigenvalue weighted by Crippen LogP contribution is 2.20. The van der Waals surface area contributed by atoms with Gasteiger partial charge in [-0.2, -0.15) is 13.2 Å². The standard InChI is InChI=1S/C10H9F3N2O2/c11-10(12,13)5-16-4-9-15-7-3-6(14)1-2-8(7)17-9/h1-3H,4-5,14H2. The summed E-state index contributed by atoms with van der Waals surface area (Å²) in [7, 11) is 0. The molecule has 2 N–H and O–H groups in total. The topological polar surface area (TPSA) is 61.3 Å². The number of aromatic nitrogens is 1. The lowest BCUT2D eigenvalue weighted by atomic mass is 10.3. The number of hydrogen-bond acceptors (Lipinski definition) is 4. The first kappa shape index (κ1) is 11.7. The van der Waals surface area contributed by atoms with Gasteiger partial charge in [0.1, 0.15) is 18.7 Å². The van der Waals surface area contributed by atoms with E-state index in [1.807, 2.05) is 0 Å². The number of nitrogen functional groups attached to an aromatic ring is 1. The van der Waals surface area contributed by atoms with Crippen LogP contribution in [0.2, 0.25) is 0 Å². The van der Waals surface area contributed by atoms with Gasteiger partial charge in [-0.05, 0) is 18.2 Å². The van der Waals surface area contributed by atoms with E-state index < -0.39 is 12.8 Å². The van der Waals surface area contributed by atoms with E-state index in [-0.39, 0.29) is 12.5 Å². The predicted octanol–water partition coefficient (Wildman–Crippen LogP) is 2.49. The van der Waals surface area contributed by atoms with Gasteiger partial charge in [0.2, 0.25) is 5.89 Å². The molecule has 0 saturated heterocycles. The minimum atomic E-state index is -4.35. The van der Waals surface area contributed by atoms with Crippen LogP contribution >= 0.6 is 0 Å². The van der Waals surface area contributed by atoms with E-state index in [0.29, 0.717) is 16.8 Å². The molecule has 1 aromatic heterocycles. The average Bonchev–Trinajstić information content (AvgIpc) is 2.57. The molecule has 0 unspecified atom stereocenters. The van der Waals surface area contributed by atoms with Crippen molar-refractivity contribution in [3.63, 3.8) is 0 Å². The molecule has 0 aliphatic carbocycles. The van der Waals surface area contributed by atoms with Crippen LogP contribution < -0.4 is 5.73 Å². The molecule has 0 saturated carbocycles. The Labute approximate surface area is 94.2 Å². The molecule has 2 aromatic rings. The van der Waals surface area contributed by atoms with Crippen molar-refractivity contribution in [2.75, 3.05) is 12.3 Å².